The Morgan fingerprint density at radius 3 is 2.18 bits per heavy atom. The van der Waals surface area contributed by atoms with Crippen molar-refractivity contribution in [1.29, 1.82) is 0 Å². The number of amides is 1. The smallest absolute Gasteiger partial charge is 0.259 e. The number of hydrogen-bond acceptors (Lipinski definition) is 5. The van der Waals surface area contributed by atoms with Crippen LogP contribution in [0.3, 0.4) is 0 Å². The molecule has 0 N–H and O–H groups in total. The minimum atomic E-state index is -3.64. The molecule has 4 rings (SSSR count). The lowest BCUT2D eigenvalue weighted by Crippen LogP contribution is -2.50. The Hall–Kier alpha value is -3.23. The van der Waals surface area contributed by atoms with Gasteiger partial charge in [-0.1, -0.05) is 35.9 Å². The van der Waals surface area contributed by atoms with E-state index in [0.29, 0.717) is 29.3 Å². The summed E-state index contributed by atoms with van der Waals surface area (Å²) in [6, 6.07) is 16.3. The lowest BCUT2D eigenvalue weighted by molar-refractivity contribution is 0.0694. The highest BCUT2D eigenvalue weighted by atomic mass is 32.2. The summed E-state index contributed by atoms with van der Waals surface area (Å²) < 4.78 is 34.0. The van der Waals surface area contributed by atoms with Crippen LogP contribution in [0.1, 0.15) is 27.0 Å². The summed E-state index contributed by atoms with van der Waals surface area (Å²) in [5.41, 5.74) is 2.86. The summed E-state index contributed by atoms with van der Waals surface area (Å²) in [6.45, 7) is 6.65. The van der Waals surface area contributed by atoms with Gasteiger partial charge < -0.3 is 9.64 Å². The van der Waals surface area contributed by atoms with E-state index in [1.807, 2.05) is 51.1 Å². The molecule has 1 amide bonds. The number of carbonyl (C=O) groups is 1. The Balaban J connectivity index is 1.49. The Morgan fingerprint density at radius 1 is 0.909 bits per heavy atom. The average Bonchev–Trinajstić information content (AvgIpc) is 2.79. The van der Waals surface area contributed by atoms with E-state index >= 15 is 0 Å². The zero-order valence-electron chi connectivity index (χ0n) is 19.0. The topological polar surface area (TPSA) is 79.8 Å². The van der Waals surface area contributed by atoms with Gasteiger partial charge in [0.15, 0.2) is 0 Å². The van der Waals surface area contributed by atoms with E-state index in [9.17, 15) is 13.2 Å². The quantitative estimate of drug-likeness (QED) is 0.570. The number of sulfonamides is 1. The SMILES string of the molecule is Cc1cc(C)c(S(=O)(=O)N2CCN(C(=O)c3cccnc3Oc3ccccc3)CC2)c(C)c1. The molecule has 3 aromatic rings. The number of hydrogen-bond donors (Lipinski definition) is 0. The second-order valence-electron chi connectivity index (χ2n) is 8.20. The molecule has 0 atom stereocenters. The molecule has 1 aromatic heterocycles. The first kappa shape index (κ1) is 22.9. The lowest BCUT2D eigenvalue weighted by atomic mass is 10.1. The molecule has 0 aliphatic carbocycles. The molecule has 172 valence electrons. The highest BCUT2D eigenvalue weighted by molar-refractivity contribution is 7.89. The van der Waals surface area contributed by atoms with E-state index in [1.165, 1.54) is 4.31 Å². The number of carbonyl (C=O) groups excluding carboxylic acids is 1. The highest BCUT2D eigenvalue weighted by Gasteiger charge is 2.33. The van der Waals surface area contributed by atoms with Crippen molar-refractivity contribution < 1.29 is 17.9 Å². The monoisotopic (exact) mass is 465 g/mol. The number of nitrogens with zero attached hydrogens (tertiary/aromatic N) is 3. The second-order valence-corrected chi connectivity index (χ2v) is 10.1. The molecule has 2 aromatic carbocycles. The summed E-state index contributed by atoms with van der Waals surface area (Å²) in [5, 5.41) is 0. The first-order valence-electron chi connectivity index (χ1n) is 10.8. The Labute approximate surface area is 194 Å². The molecular weight excluding hydrogens is 438 g/mol. The maximum absolute atomic E-state index is 13.3. The number of aromatic nitrogens is 1. The number of pyridine rings is 1. The van der Waals surface area contributed by atoms with Gasteiger partial charge in [-0.15, -0.1) is 0 Å². The van der Waals surface area contributed by atoms with Crippen molar-refractivity contribution in [3.63, 3.8) is 0 Å². The van der Waals surface area contributed by atoms with E-state index in [-0.39, 0.29) is 24.9 Å². The molecule has 1 aliphatic heterocycles. The fourth-order valence-electron chi connectivity index (χ4n) is 4.24. The molecule has 0 bridgehead atoms. The van der Waals surface area contributed by atoms with Crippen LogP contribution in [0.25, 0.3) is 0 Å². The summed E-state index contributed by atoms with van der Waals surface area (Å²) in [4.78, 5) is 19.5. The molecule has 0 radical (unpaired) electrons. The molecule has 0 saturated carbocycles. The maximum atomic E-state index is 13.3. The van der Waals surface area contributed by atoms with Crippen LogP contribution >= 0.6 is 0 Å². The van der Waals surface area contributed by atoms with Crippen molar-refractivity contribution in [2.75, 3.05) is 26.2 Å². The van der Waals surface area contributed by atoms with Crippen molar-refractivity contribution in [1.82, 2.24) is 14.2 Å². The number of rotatable bonds is 5. The van der Waals surface area contributed by atoms with Crippen molar-refractivity contribution in [3.8, 4) is 11.6 Å². The highest BCUT2D eigenvalue weighted by Crippen LogP contribution is 2.27. The van der Waals surface area contributed by atoms with Gasteiger partial charge in [0.25, 0.3) is 5.91 Å². The molecule has 1 fully saturated rings. The fourth-order valence-corrected chi connectivity index (χ4v) is 6.07. The van der Waals surface area contributed by atoms with Gasteiger partial charge in [-0.3, -0.25) is 4.79 Å². The van der Waals surface area contributed by atoms with Crippen molar-refractivity contribution in [3.05, 3.63) is 83.0 Å². The van der Waals surface area contributed by atoms with Crippen LogP contribution in [0.15, 0.2) is 65.7 Å². The standard InChI is InChI=1S/C25H27N3O4S/c1-18-16-19(2)23(20(3)17-18)33(30,31)28-14-12-27(13-15-28)25(29)22-10-7-11-26-24(22)32-21-8-5-4-6-9-21/h4-11,16-17H,12-15H2,1-3H3. The molecule has 0 spiro atoms. The maximum Gasteiger partial charge on any atom is 0.259 e. The van der Waals surface area contributed by atoms with E-state index in [4.69, 9.17) is 4.74 Å². The molecule has 7 nitrogen and oxygen atoms in total. The molecule has 2 heterocycles. The summed E-state index contributed by atoms with van der Waals surface area (Å²) in [5.74, 6) is 0.591. The predicted molar refractivity (Wildman–Crippen MR) is 126 cm³/mol. The van der Waals surface area contributed by atoms with Crippen molar-refractivity contribution in [2.45, 2.75) is 25.7 Å². The van der Waals surface area contributed by atoms with Gasteiger partial charge in [0.1, 0.15) is 11.3 Å². The van der Waals surface area contributed by atoms with E-state index in [1.54, 1.807) is 35.4 Å². The van der Waals surface area contributed by atoms with Gasteiger partial charge >= 0.3 is 0 Å². The number of para-hydroxylation sites is 1. The number of ether oxygens (including phenoxy) is 1. The lowest BCUT2D eigenvalue weighted by Gasteiger charge is -2.34. The van der Waals surface area contributed by atoms with Crippen LogP contribution in [-0.4, -0.2) is 54.7 Å². The first-order chi connectivity index (χ1) is 15.8. The fraction of sp³-hybridized carbons (Fsp3) is 0.280. The summed E-state index contributed by atoms with van der Waals surface area (Å²) >= 11 is 0. The molecule has 0 unspecified atom stereocenters. The van der Waals surface area contributed by atoms with Gasteiger partial charge in [0, 0.05) is 32.4 Å². The van der Waals surface area contributed by atoms with Crippen LogP contribution in [0.4, 0.5) is 0 Å². The largest absolute Gasteiger partial charge is 0.438 e. The van der Waals surface area contributed by atoms with E-state index in [2.05, 4.69) is 4.98 Å². The zero-order chi connectivity index (χ0) is 23.6. The van der Waals surface area contributed by atoms with Gasteiger partial charge in [-0.05, 0) is 56.2 Å². The normalized spacial score (nSPS) is 14.8. The van der Waals surface area contributed by atoms with Gasteiger partial charge in [0.2, 0.25) is 15.9 Å². The first-order valence-corrected chi connectivity index (χ1v) is 12.3. The number of benzene rings is 2. The molecular formula is C25H27N3O4S. The Morgan fingerprint density at radius 2 is 1.55 bits per heavy atom. The summed E-state index contributed by atoms with van der Waals surface area (Å²) in [6.07, 6.45) is 1.58. The van der Waals surface area contributed by atoms with Gasteiger partial charge in [-0.25, -0.2) is 13.4 Å². The number of piperazine rings is 1. The predicted octanol–water partition coefficient (Wildman–Crippen LogP) is 3.95. The zero-order valence-corrected chi connectivity index (χ0v) is 19.8. The Kier molecular flexibility index (Phi) is 6.49. The van der Waals surface area contributed by atoms with Crippen LogP contribution in [-0.2, 0) is 10.0 Å². The second kappa shape index (κ2) is 9.33. The van der Waals surface area contributed by atoms with Crippen LogP contribution in [0.5, 0.6) is 11.6 Å². The van der Waals surface area contributed by atoms with Gasteiger partial charge in [0.05, 0.1) is 4.90 Å². The van der Waals surface area contributed by atoms with Crippen LogP contribution in [0.2, 0.25) is 0 Å². The third-order valence-electron chi connectivity index (χ3n) is 5.69. The minimum absolute atomic E-state index is 0.228. The number of aryl methyl sites for hydroxylation is 3. The van der Waals surface area contributed by atoms with Crippen molar-refractivity contribution in [2.24, 2.45) is 0 Å². The molecule has 8 heteroatoms. The van der Waals surface area contributed by atoms with Crippen LogP contribution in [0, 0.1) is 20.8 Å². The molecule has 1 saturated heterocycles. The third kappa shape index (κ3) is 4.77. The summed E-state index contributed by atoms with van der Waals surface area (Å²) in [7, 11) is -3.64. The van der Waals surface area contributed by atoms with Crippen LogP contribution < -0.4 is 4.74 Å². The third-order valence-corrected chi connectivity index (χ3v) is 7.89. The molecule has 33 heavy (non-hydrogen) atoms. The Bertz CT molecular complexity index is 1240. The molecule has 1 aliphatic rings. The average molecular weight is 466 g/mol. The van der Waals surface area contributed by atoms with E-state index in [0.717, 1.165) is 16.7 Å². The minimum Gasteiger partial charge on any atom is -0.438 e. The van der Waals surface area contributed by atoms with Gasteiger partial charge in [-0.2, -0.15) is 4.31 Å². The van der Waals surface area contributed by atoms with Crippen molar-refractivity contribution >= 4 is 15.9 Å². The van der Waals surface area contributed by atoms with E-state index < -0.39 is 10.0 Å².